The number of benzene rings is 1. The summed E-state index contributed by atoms with van der Waals surface area (Å²) in [6.07, 6.45) is 12.4. The number of halogens is 1. The lowest BCUT2D eigenvalue weighted by Crippen LogP contribution is -2.23. The molecule has 2 atom stereocenters. The fourth-order valence-corrected chi connectivity index (χ4v) is 4.81. The van der Waals surface area contributed by atoms with Crippen LogP contribution < -0.4 is 0 Å². The van der Waals surface area contributed by atoms with E-state index >= 15 is 0 Å². The molecule has 0 fully saturated rings. The summed E-state index contributed by atoms with van der Waals surface area (Å²) < 4.78 is 14.7. The number of rotatable bonds is 8. The van der Waals surface area contributed by atoms with Gasteiger partial charge in [0.2, 0.25) is 0 Å². The molecular formula is C35H39FN4. The molecule has 5 heteroatoms. The Kier molecular flexibility index (Phi) is 10.8. The van der Waals surface area contributed by atoms with Gasteiger partial charge in [-0.3, -0.25) is 4.98 Å². The smallest absolute Gasteiger partial charge is 0.160 e. The average molecular weight is 535 g/mol. The summed E-state index contributed by atoms with van der Waals surface area (Å²) in [6, 6.07) is 11.9. The molecule has 1 aromatic carbocycles. The molecule has 4 rings (SSSR count). The Morgan fingerprint density at radius 2 is 1.93 bits per heavy atom. The molecule has 0 N–H and O–H groups in total. The van der Waals surface area contributed by atoms with E-state index in [2.05, 4.69) is 51.6 Å². The summed E-state index contributed by atoms with van der Waals surface area (Å²) in [7, 11) is 0. The zero-order chi connectivity index (χ0) is 29.2. The van der Waals surface area contributed by atoms with Crippen molar-refractivity contribution in [1.29, 1.82) is 5.26 Å². The van der Waals surface area contributed by atoms with Crippen LogP contribution in [0, 0.1) is 23.2 Å². The number of hydrogen-bond donors (Lipinski definition) is 0. The number of hydrogen-bond acceptors (Lipinski definition) is 4. The van der Waals surface area contributed by atoms with Gasteiger partial charge in [0.05, 0.1) is 23.0 Å². The average Bonchev–Trinajstić information content (AvgIpc) is 2.96. The van der Waals surface area contributed by atoms with Gasteiger partial charge in [0, 0.05) is 39.8 Å². The lowest BCUT2D eigenvalue weighted by Gasteiger charge is -2.32. The Labute approximate surface area is 238 Å². The predicted octanol–water partition coefficient (Wildman–Crippen LogP) is 9.49. The molecule has 206 valence electrons. The molecule has 0 aliphatic heterocycles. The third kappa shape index (κ3) is 7.07. The van der Waals surface area contributed by atoms with E-state index in [-0.39, 0.29) is 11.8 Å². The van der Waals surface area contributed by atoms with Crippen molar-refractivity contribution >= 4 is 16.5 Å². The van der Waals surface area contributed by atoms with Gasteiger partial charge in [0.1, 0.15) is 5.83 Å². The maximum atomic E-state index is 14.7. The minimum atomic E-state index is -0.579. The molecule has 1 aliphatic carbocycles. The van der Waals surface area contributed by atoms with Gasteiger partial charge in [-0.25, -0.2) is 14.4 Å². The zero-order valence-corrected chi connectivity index (χ0v) is 24.1. The minimum Gasteiger partial charge on any atom is -0.256 e. The quantitative estimate of drug-likeness (QED) is 0.164. The Balaban J connectivity index is 0.000000810. The van der Waals surface area contributed by atoms with Gasteiger partial charge < -0.3 is 0 Å². The molecule has 0 spiro atoms. The van der Waals surface area contributed by atoms with Gasteiger partial charge in [-0.2, -0.15) is 5.26 Å². The topological polar surface area (TPSA) is 62.5 Å². The molecule has 40 heavy (non-hydrogen) atoms. The van der Waals surface area contributed by atoms with Crippen LogP contribution >= 0.6 is 0 Å². The highest BCUT2D eigenvalue weighted by Crippen LogP contribution is 2.43. The van der Waals surface area contributed by atoms with Crippen LogP contribution in [0.2, 0.25) is 0 Å². The number of pyridine rings is 1. The third-order valence-electron chi connectivity index (χ3n) is 7.24. The highest BCUT2D eigenvalue weighted by molar-refractivity contribution is 5.93. The largest absolute Gasteiger partial charge is 0.256 e. The summed E-state index contributed by atoms with van der Waals surface area (Å²) in [5, 5.41) is 10.4. The van der Waals surface area contributed by atoms with E-state index < -0.39 is 5.83 Å². The molecule has 0 radical (unpaired) electrons. The van der Waals surface area contributed by atoms with Crippen molar-refractivity contribution in [3.8, 4) is 17.5 Å². The molecular weight excluding hydrogens is 495 g/mol. The highest BCUT2D eigenvalue weighted by Gasteiger charge is 2.33. The van der Waals surface area contributed by atoms with Gasteiger partial charge in [-0.1, -0.05) is 82.9 Å². The number of aromatic nitrogens is 3. The monoisotopic (exact) mass is 534 g/mol. The maximum Gasteiger partial charge on any atom is 0.160 e. The summed E-state index contributed by atoms with van der Waals surface area (Å²) >= 11 is 0. The first-order valence-electron chi connectivity index (χ1n) is 13.9. The Bertz CT molecular complexity index is 1480. The fraction of sp³-hybridized carbons (Fsp3) is 0.314. The number of para-hydroxylation sites is 1. The molecule has 4 nitrogen and oxygen atoms in total. The van der Waals surface area contributed by atoms with Crippen molar-refractivity contribution in [3.63, 3.8) is 0 Å². The zero-order valence-electron chi connectivity index (χ0n) is 24.1. The Morgan fingerprint density at radius 3 is 2.55 bits per heavy atom. The van der Waals surface area contributed by atoms with Crippen LogP contribution in [0.15, 0.2) is 92.0 Å². The number of allylic oxidation sites excluding steroid dienone is 7. The van der Waals surface area contributed by atoms with E-state index in [1.54, 1.807) is 19.2 Å². The van der Waals surface area contributed by atoms with Crippen molar-refractivity contribution in [3.05, 3.63) is 109 Å². The second-order valence-electron chi connectivity index (χ2n) is 10.5. The molecule has 2 heterocycles. The number of nitriles is 1. The molecule has 2 unspecified atom stereocenters. The van der Waals surface area contributed by atoms with E-state index in [9.17, 15) is 9.65 Å². The molecule has 0 amide bonds. The van der Waals surface area contributed by atoms with E-state index in [0.29, 0.717) is 29.1 Å². The normalized spacial score (nSPS) is 16.9. The van der Waals surface area contributed by atoms with Crippen molar-refractivity contribution in [2.24, 2.45) is 11.8 Å². The summed E-state index contributed by atoms with van der Waals surface area (Å²) in [5.41, 5.74) is 4.76. The first-order valence-corrected chi connectivity index (χ1v) is 13.9. The SMILES string of the molecule is C=C/C=C(\C(=C)F)c1nc(-c2ccnc3ccccc23)nc2c1CCC(CC=C)C2/C=C(\C)C#N.CCC(C)C. The first-order chi connectivity index (χ1) is 19.2. The van der Waals surface area contributed by atoms with E-state index in [4.69, 9.17) is 9.97 Å². The van der Waals surface area contributed by atoms with Crippen molar-refractivity contribution in [2.75, 3.05) is 0 Å². The molecule has 0 bridgehead atoms. The number of fused-ring (bicyclic) bond motifs is 2. The first kappa shape index (κ1) is 30.4. The minimum absolute atomic E-state index is 0.122. The lowest BCUT2D eigenvalue weighted by atomic mass is 9.74. The highest BCUT2D eigenvalue weighted by atomic mass is 19.1. The van der Waals surface area contributed by atoms with Gasteiger partial charge in [0.15, 0.2) is 5.82 Å². The van der Waals surface area contributed by atoms with Crippen molar-refractivity contribution < 1.29 is 4.39 Å². The summed E-state index contributed by atoms with van der Waals surface area (Å²) in [5.74, 6) is 0.900. The Morgan fingerprint density at radius 1 is 1.20 bits per heavy atom. The predicted molar refractivity (Wildman–Crippen MR) is 165 cm³/mol. The molecule has 0 saturated carbocycles. The number of nitrogens with zero attached hydrogens (tertiary/aromatic N) is 4. The van der Waals surface area contributed by atoms with Crippen LogP contribution in [0.4, 0.5) is 4.39 Å². The van der Waals surface area contributed by atoms with Gasteiger partial charge in [-0.05, 0) is 50.2 Å². The molecule has 3 aromatic rings. The Hall–Kier alpha value is -4.17. The summed E-state index contributed by atoms with van der Waals surface area (Å²) in [4.78, 5) is 14.4. The molecule has 0 saturated heterocycles. The van der Waals surface area contributed by atoms with Crippen LogP contribution in [-0.2, 0) is 6.42 Å². The lowest BCUT2D eigenvalue weighted by molar-refractivity contribution is 0.411. The van der Waals surface area contributed by atoms with E-state index in [0.717, 1.165) is 46.5 Å². The van der Waals surface area contributed by atoms with Crippen LogP contribution in [0.1, 0.15) is 69.8 Å². The van der Waals surface area contributed by atoms with E-state index in [1.165, 1.54) is 12.5 Å². The van der Waals surface area contributed by atoms with Gasteiger partial charge in [-0.15, -0.1) is 6.58 Å². The maximum absolute atomic E-state index is 14.7. The molecule has 2 aromatic heterocycles. The third-order valence-corrected chi connectivity index (χ3v) is 7.24. The molecule has 1 aliphatic rings. The van der Waals surface area contributed by atoms with Crippen LogP contribution in [0.3, 0.4) is 0 Å². The second-order valence-corrected chi connectivity index (χ2v) is 10.5. The van der Waals surface area contributed by atoms with Gasteiger partial charge >= 0.3 is 0 Å². The van der Waals surface area contributed by atoms with Crippen molar-refractivity contribution in [2.45, 2.75) is 59.3 Å². The second kappa shape index (κ2) is 14.3. The standard InChI is InChI=1S/C30H27FN4.C5H12/c1-5-9-21-13-14-25-28(22(10-6-2)20(4)31)34-30(35-29(25)26(21)17-19(3)18-32)24-15-16-33-27-12-8-7-11-23(24)27;1-4-5(2)3/h5-8,10-12,15-17,21,26H,1-2,4,9,13-14H2,3H3;5H,4H2,1-3H3/b19-17+,22-10+;. The van der Waals surface area contributed by atoms with Crippen LogP contribution in [0.25, 0.3) is 27.9 Å². The summed E-state index contributed by atoms with van der Waals surface area (Å²) in [6.45, 7) is 19.7. The van der Waals surface area contributed by atoms with E-state index in [1.807, 2.05) is 42.5 Å². The van der Waals surface area contributed by atoms with Gasteiger partial charge in [0.25, 0.3) is 0 Å². The van der Waals surface area contributed by atoms with Crippen LogP contribution in [0.5, 0.6) is 0 Å². The van der Waals surface area contributed by atoms with Crippen LogP contribution in [-0.4, -0.2) is 15.0 Å². The van der Waals surface area contributed by atoms with Crippen molar-refractivity contribution in [1.82, 2.24) is 15.0 Å². The fourth-order valence-electron chi connectivity index (χ4n) is 4.81.